The van der Waals surface area contributed by atoms with Gasteiger partial charge in [-0.25, -0.2) is 0 Å². The Bertz CT molecular complexity index is 338. The molecule has 0 bridgehead atoms. The SMILES string of the molecule is Cc1nc(N)nc(NC2CCN(C)CC2)n1. The number of nitrogens with zero attached hydrogens (tertiary/aromatic N) is 4. The molecule has 16 heavy (non-hydrogen) atoms. The maximum atomic E-state index is 5.58. The van der Waals surface area contributed by atoms with Gasteiger partial charge in [-0.15, -0.1) is 0 Å². The van der Waals surface area contributed by atoms with Crippen molar-refractivity contribution in [1.29, 1.82) is 0 Å². The van der Waals surface area contributed by atoms with Crippen LogP contribution in [0.4, 0.5) is 11.9 Å². The largest absolute Gasteiger partial charge is 0.368 e. The fraction of sp³-hybridized carbons (Fsp3) is 0.700. The summed E-state index contributed by atoms with van der Waals surface area (Å²) in [5.74, 6) is 1.53. The number of aryl methyl sites for hydroxylation is 1. The first-order valence-electron chi connectivity index (χ1n) is 5.57. The summed E-state index contributed by atoms with van der Waals surface area (Å²) < 4.78 is 0. The molecule has 6 heteroatoms. The minimum Gasteiger partial charge on any atom is -0.368 e. The van der Waals surface area contributed by atoms with Crippen LogP contribution in [0.2, 0.25) is 0 Å². The van der Waals surface area contributed by atoms with Gasteiger partial charge >= 0.3 is 0 Å². The lowest BCUT2D eigenvalue weighted by Crippen LogP contribution is -2.37. The fourth-order valence-corrected chi connectivity index (χ4v) is 1.90. The number of nitrogens with one attached hydrogen (secondary N) is 1. The fourth-order valence-electron chi connectivity index (χ4n) is 1.90. The van der Waals surface area contributed by atoms with Crippen LogP contribution in [0.15, 0.2) is 0 Å². The number of hydrogen-bond donors (Lipinski definition) is 2. The molecule has 1 aromatic rings. The lowest BCUT2D eigenvalue weighted by molar-refractivity contribution is 0.263. The molecule has 2 heterocycles. The van der Waals surface area contributed by atoms with Crippen LogP contribution in [0.1, 0.15) is 18.7 Å². The summed E-state index contributed by atoms with van der Waals surface area (Å²) in [6, 6.07) is 0.442. The van der Waals surface area contributed by atoms with Crippen molar-refractivity contribution >= 4 is 11.9 Å². The van der Waals surface area contributed by atoms with E-state index in [1.807, 2.05) is 6.92 Å². The van der Waals surface area contributed by atoms with E-state index in [1.54, 1.807) is 0 Å². The van der Waals surface area contributed by atoms with E-state index in [0.29, 0.717) is 17.8 Å². The molecule has 1 saturated heterocycles. The van der Waals surface area contributed by atoms with Gasteiger partial charge in [-0.3, -0.25) is 0 Å². The van der Waals surface area contributed by atoms with Gasteiger partial charge in [0, 0.05) is 6.04 Å². The molecule has 0 atom stereocenters. The number of piperidine rings is 1. The van der Waals surface area contributed by atoms with Crippen molar-refractivity contribution in [2.24, 2.45) is 0 Å². The van der Waals surface area contributed by atoms with Gasteiger partial charge in [0.2, 0.25) is 11.9 Å². The molecule has 1 aliphatic heterocycles. The minimum atomic E-state index is 0.280. The molecule has 2 rings (SSSR count). The predicted octanol–water partition coefficient (Wildman–Crippen LogP) is 0.268. The lowest BCUT2D eigenvalue weighted by atomic mass is 10.1. The summed E-state index contributed by atoms with van der Waals surface area (Å²) in [6.07, 6.45) is 2.22. The number of nitrogens with two attached hydrogens (primary N) is 1. The van der Waals surface area contributed by atoms with Gasteiger partial charge in [0.15, 0.2) is 0 Å². The number of aromatic nitrogens is 3. The molecule has 1 aliphatic rings. The van der Waals surface area contributed by atoms with Crippen LogP contribution in [-0.4, -0.2) is 46.0 Å². The molecule has 88 valence electrons. The molecule has 6 nitrogen and oxygen atoms in total. The Balaban J connectivity index is 1.98. The zero-order valence-corrected chi connectivity index (χ0v) is 9.77. The van der Waals surface area contributed by atoms with Crippen LogP contribution in [-0.2, 0) is 0 Å². The van der Waals surface area contributed by atoms with Crippen LogP contribution in [0.25, 0.3) is 0 Å². The van der Waals surface area contributed by atoms with E-state index in [4.69, 9.17) is 5.73 Å². The molecule has 0 spiro atoms. The van der Waals surface area contributed by atoms with Gasteiger partial charge in [0.25, 0.3) is 0 Å². The number of nitrogen functional groups attached to an aromatic ring is 1. The van der Waals surface area contributed by atoms with Crippen LogP contribution in [0.3, 0.4) is 0 Å². The molecule has 1 fully saturated rings. The van der Waals surface area contributed by atoms with E-state index in [9.17, 15) is 0 Å². The summed E-state index contributed by atoms with van der Waals surface area (Å²) in [6.45, 7) is 4.03. The Morgan fingerprint density at radius 3 is 2.56 bits per heavy atom. The Labute approximate surface area is 95.3 Å². The van der Waals surface area contributed by atoms with Crippen LogP contribution >= 0.6 is 0 Å². The monoisotopic (exact) mass is 222 g/mol. The third kappa shape index (κ3) is 2.79. The van der Waals surface area contributed by atoms with E-state index >= 15 is 0 Å². The molecule has 1 aromatic heterocycles. The Kier molecular flexibility index (Phi) is 3.19. The first kappa shape index (κ1) is 11.1. The Morgan fingerprint density at radius 2 is 1.94 bits per heavy atom. The van der Waals surface area contributed by atoms with Crippen molar-refractivity contribution in [2.75, 3.05) is 31.2 Å². The number of hydrogen-bond acceptors (Lipinski definition) is 6. The third-order valence-electron chi connectivity index (χ3n) is 2.82. The maximum Gasteiger partial charge on any atom is 0.227 e. The second-order valence-electron chi connectivity index (χ2n) is 4.29. The molecule has 0 saturated carbocycles. The van der Waals surface area contributed by atoms with Crippen molar-refractivity contribution < 1.29 is 0 Å². The molecular formula is C10H18N6. The lowest BCUT2D eigenvalue weighted by Gasteiger charge is -2.29. The van der Waals surface area contributed by atoms with E-state index in [0.717, 1.165) is 25.9 Å². The second kappa shape index (κ2) is 4.61. The summed E-state index contributed by atoms with van der Waals surface area (Å²) in [7, 11) is 2.14. The summed E-state index contributed by atoms with van der Waals surface area (Å²) in [5.41, 5.74) is 5.58. The molecule has 0 radical (unpaired) electrons. The van der Waals surface area contributed by atoms with Gasteiger partial charge < -0.3 is 16.0 Å². The first-order valence-corrected chi connectivity index (χ1v) is 5.57. The van der Waals surface area contributed by atoms with Crippen LogP contribution in [0.5, 0.6) is 0 Å². The van der Waals surface area contributed by atoms with Crippen molar-refractivity contribution in [3.8, 4) is 0 Å². The van der Waals surface area contributed by atoms with Gasteiger partial charge in [-0.1, -0.05) is 0 Å². The highest BCUT2D eigenvalue weighted by Gasteiger charge is 2.17. The second-order valence-corrected chi connectivity index (χ2v) is 4.29. The van der Waals surface area contributed by atoms with Crippen molar-refractivity contribution in [1.82, 2.24) is 19.9 Å². The smallest absolute Gasteiger partial charge is 0.227 e. The highest BCUT2D eigenvalue weighted by atomic mass is 15.2. The molecule has 0 unspecified atom stereocenters. The number of anilines is 2. The third-order valence-corrected chi connectivity index (χ3v) is 2.82. The molecule has 0 aliphatic carbocycles. The Hall–Kier alpha value is -1.43. The van der Waals surface area contributed by atoms with Crippen molar-refractivity contribution in [2.45, 2.75) is 25.8 Å². The zero-order valence-electron chi connectivity index (χ0n) is 9.77. The van der Waals surface area contributed by atoms with E-state index in [-0.39, 0.29) is 5.95 Å². The number of rotatable bonds is 2. The van der Waals surface area contributed by atoms with Crippen molar-refractivity contribution in [3.63, 3.8) is 0 Å². The predicted molar refractivity (Wildman–Crippen MR) is 63.1 cm³/mol. The summed E-state index contributed by atoms with van der Waals surface area (Å²) >= 11 is 0. The quantitative estimate of drug-likeness (QED) is 0.747. The standard InChI is InChI=1S/C10H18N6/c1-7-12-9(11)15-10(13-7)14-8-3-5-16(2)6-4-8/h8H,3-6H2,1-2H3,(H3,11,12,13,14,15). The normalized spacial score (nSPS) is 18.6. The van der Waals surface area contributed by atoms with Gasteiger partial charge in [-0.05, 0) is 39.9 Å². The first-order chi connectivity index (χ1) is 7.63. The van der Waals surface area contributed by atoms with E-state index in [1.165, 1.54) is 0 Å². The average molecular weight is 222 g/mol. The Morgan fingerprint density at radius 1 is 1.25 bits per heavy atom. The molecule has 3 N–H and O–H groups in total. The zero-order chi connectivity index (χ0) is 11.5. The summed E-state index contributed by atoms with van der Waals surface area (Å²) in [5, 5.41) is 3.31. The average Bonchev–Trinajstić information content (AvgIpc) is 2.20. The minimum absolute atomic E-state index is 0.280. The maximum absolute atomic E-state index is 5.58. The molecular weight excluding hydrogens is 204 g/mol. The molecule has 0 aromatic carbocycles. The van der Waals surface area contributed by atoms with Gasteiger partial charge in [0.1, 0.15) is 5.82 Å². The number of likely N-dealkylation sites (tertiary alicyclic amines) is 1. The van der Waals surface area contributed by atoms with Gasteiger partial charge in [0.05, 0.1) is 0 Å². The highest BCUT2D eigenvalue weighted by Crippen LogP contribution is 2.13. The topological polar surface area (TPSA) is 80.0 Å². The molecule has 0 amide bonds. The van der Waals surface area contributed by atoms with Crippen LogP contribution < -0.4 is 11.1 Å². The summed E-state index contributed by atoms with van der Waals surface area (Å²) in [4.78, 5) is 14.6. The van der Waals surface area contributed by atoms with E-state index < -0.39 is 0 Å². The van der Waals surface area contributed by atoms with Crippen molar-refractivity contribution in [3.05, 3.63) is 5.82 Å². The highest BCUT2D eigenvalue weighted by molar-refractivity contribution is 5.31. The van der Waals surface area contributed by atoms with E-state index in [2.05, 4.69) is 32.2 Å². The van der Waals surface area contributed by atoms with Crippen LogP contribution in [0, 0.1) is 6.92 Å². The van der Waals surface area contributed by atoms with Gasteiger partial charge in [-0.2, -0.15) is 15.0 Å².